The number of piperazine rings is 1. The molecule has 0 bridgehead atoms. The van der Waals surface area contributed by atoms with Gasteiger partial charge in [-0.2, -0.15) is 0 Å². The Morgan fingerprint density at radius 1 is 1.00 bits per heavy atom. The van der Waals surface area contributed by atoms with E-state index in [0.29, 0.717) is 5.75 Å². The van der Waals surface area contributed by atoms with E-state index in [0.717, 1.165) is 34.7 Å². The summed E-state index contributed by atoms with van der Waals surface area (Å²) >= 11 is 4.56. The highest BCUT2D eigenvalue weighted by Gasteiger charge is 2.23. The zero-order chi connectivity index (χ0) is 17.1. The van der Waals surface area contributed by atoms with Gasteiger partial charge in [0.05, 0.1) is 3.57 Å². The molecule has 4 nitrogen and oxygen atoms in total. The van der Waals surface area contributed by atoms with E-state index < -0.39 is 0 Å². The van der Waals surface area contributed by atoms with Gasteiger partial charge in [-0.3, -0.25) is 4.90 Å². The van der Waals surface area contributed by atoms with Crippen molar-refractivity contribution in [3.8, 4) is 5.75 Å². The maximum atomic E-state index is 10.3. The SMILES string of the molecule is CN1CCN(CC2CCN(Cc3cc(I)cc(I)c3O)CC2)CC1. The number of phenols is 1. The van der Waals surface area contributed by atoms with Crippen LogP contribution >= 0.6 is 45.2 Å². The molecule has 1 N–H and O–H groups in total. The van der Waals surface area contributed by atoms with Gasteiger partial charge in [-0.15, -0.1) is 0 Å². The molecule has 2 saturated heterocycles. The van der Waals surface area contributed by atoms with Crippen LogP contribution in [0.15, 0.2) is 12.1 Å². The summed E-state index contributed by atoms with van der Waals surface area (Å²) in [5, 5.41) is 10.3. The van der Waals surface area contributed by atoms with Gasteiger partial charge in [0, 0.05) is 48.4 Å². The standard InChI is InChI=1S/C18H27I2N3O/c1-21-6-8-23(9-7-21)12-14-2-4-22(5-3-14)13-15-10-16(19)11-17(20)18(15)24/h10-11,14,24H,2-9,12-13H2,1H3. The van der Waals surface area contributed by atoms with Crippen molar-refractivity contribution < 1.29 is 5.11 Å². The highest BCUT2D eigenvalue weighted by molar-refractivity contribution is 14.1. The molecule has 2 heterocycles. The van der Waals surface area contributed by atoms with Crippen molar-refractivity contribution in [1.82, 2.24) is 14.7 Å². The zero-order valence-electron chi connectivity index (χ0n) is 14.3. The Morgan fingerprint density at radius 2 is 1.67 bits per heavy atom. The molecule has 0 aromatic heterocycles. The Kier molecular flexibility index (Phi) is 7.04. The van der Waals surface area contributed by atoms with Crippen LogP contribution in [0.5, 0.6) is 5.75 Å². The second-order valence-corrected chi connectivity index (χ2v) is 9.63. The van der Waals surface area contributed by atoms with Crippen molar-refractivity contribution in [3.05, 3.63) is 24.8 Å². The molecule has 1 aromatic carbocycles. The maximum absolute atomic E-state index is 10.3. The lowest BCUT2D eigenvalue weighted by Crippen LogP contribution is -2.47. The Labute approximate surface area is 172 Å². The normalized spacial score (nSPS) is 22.1. The van der Waals surface area contributed by atoms with E-state index in [9.17, 15) is 5.11 Å². The van der Waals surface area contributed by atoms with Crippen molar-refractivity contribution in [2.45, 2.75) is 19.4 Å². The van der Waals surface area contributed by atoms with Crippen molar-refractivity contribution in [2.24, 2.45) is 5.92 Å². The summed E-state index contributed by atoms with van der Waals surface area (Å²) in [6.07, 6.45) is 2.57. The molecule has 0 unspecified atom stereocenters. The fourth-order valence-corrected chi connectivity index (χ4v) is 5.67. The number of hydrogen-bond acceptors (Lipinski definition) is 4. The lowest BCUT2D eigenvalue weighted by Gasteiger charge is -2.38. The molecule has 0 aliphatic carbocycles. The molecule has 2 aliphatic heterocycles. The molecule has 0 atom stereocenters. The van der Waals surface area contributed by atoms with Crippen LogP contribution in [0.2, 0.25) is 0 Å². The molecule has 1 aromatic rings. The number of likely N-dealkylation sites (tertiary alicyclic amines) is 1. The number of rotatable bonds is 4. The smallest absolute Gasteiger partial charge is 0.133 e. The summed E-state index contributed by atoms with van der Waals surface area (Å²) in [7, 11) is 2.22. The quantitative estimate of drug-likeness (QED) is 0.580. The van der Waals surface area contributed by atoms with Gasteiger partial charge in [-0.05, 0) is 96.2 Å². The number of nitrogens with zero attached hydrogens (tertiary/aromatic N) is 3. The van der Waals surface area contributed by atoms with Crippen LogP contribution in [0, 0.1) is 13.1 Å². The van der Waals surface area contributed by atoms with Crippen LogP contribution in [0.1, 0.15) is 18.4 Å². The van der Waals surface area contributed by atoms with Crippen LogP contribution in [-0.4, -0.2) is 72.7 Å². The van der Waals surface area contributed by atoms with Gasteiger partial charge < -0.3 is 14.9 Å². The first-order chi connectivity index (χ1) is 11.5. The monoisotopic (exact) mass is 555 g/mol. The molecule has 0 saturated carbocycles. The number of hydrogen-bond donors (Lipinski definition) is 1. The predicted molar refractivity (Wildman–Crippen MR) is 115 cm³/mol. The Bertz CT molecular complexity index is 553. The summed E-state index contributed by atoms with van der Waals surface area (Å²) in [5.74, 6) is 1.31. The van der Waals surface area contributed by atoms with Crippen molar-refractivity contribution in [1.29, 1.82) is 0 Å². The Balaban J connectivity index is 1.47. The molecular formula is C18H27I2N3O. The van der Waals surface area contributed by atoms with E-state index >= 15 is 0 Å². The first kappa shape index (κ1) is 19.1. The van der Waals surface area contributed by atoms with Gasteiger partial charge in [0.2, 0.25) is 0 Å². The number of phenolic OH excluding ortho intramolecular Hbond substituents is 1. The average molecular weight is 555 g/mol. The minimum atomic E-state index is 0.468. The molecule has 134 valence electrons. The van der Waals surface area contributed by atoms with Crippen molar-refractivity contribution in [2.75, 3.05) is 52.9 Å². The molecule has 0 radical (unpaired) electrons. The van der Waals surface area contributed by atoms with E-state index in [1.165, 1.54) is 49.1 Å². The summed E-state index contributed by atoms with van der Waals surface area (Å²) in [4.78, 5) is 7.57. The second kappa shape index (κ2) is 8.83. The number of aromatic hydroxyl groups is 1. The fourth-order valence-electron chi connectivity index (χ4n) is 3.70. The van der Waals surface area contributed by atoms with Gasteiger partial charge in [-0.25, -0.2) is 0 Å². The minimum Gasteiger partial charge on any atom is -0.507 e. The van der Waals surface area contributed by atoms with Crippen LogP contribution in [0.3, 0.4) is 0 Å². The summed E-state index contributed by atoms with van der Waals surface area (Å²) in [6, 6.07) is 4.15. The number of likely N-dealkylation sites (N-methyl/N-ethyl adjacent to an activating group) is 1. The maximum Gasteiger partial charge on any atom is 0.133 e. The van der Waals surface area contributed by atoms with E-state index in [2.05, 4.69) is 73.0 Å². The largest absolute Gasteiger partial charge is 0.507 e. The molecule has 0 spiro atoms. The van der Waals surface area contributed by atoms with E-state index in [1.54, 1.807) is 0 Å². The third kappa shape index (κ3) is 5.18. The molecule has 24 heavy (non-hydrogen) atoms. The number of piperidine rings is 1. The summed E-state index contributed by atoms with van der Waals surface area (Å²) < 4.78 is 2.16. The highest BCUT2D eigenvalue weighted by atomic mass is 127. The van der Waals surface area contributed by atoms with Crippen LogP contribution in [0.4, 0.5) is 0 Å². The van der Waals surface area contributed by atoms with E-state index in [4.69, 9.17) is 0 Å². The topological polar surface area (TPSA) is 30.0 Å². The van der Waals surface area contributed by atoms with Crippen molar-refractivity contribution >= 4 is 45.2 Å². The summed E-state index contributed by atoms with van der Waals surface area (Å²) in [6.45, 7) is 9.33. The van der Waals surface area contributed by atoms with Gasteiger partial charge >= 0.3 is 0 Å². The first-order valence-electron chi connectivity index (χ1n) is 8.81. The van der Waals surface area contributed by atoms with Gasteiger partial charge in [-0.1, -0.05) is 0 Å². The summed E-state index contributed by atoms with van der Waals surface area (Å²) in [5.41, 5.74) is 1.07. The molecule has 0 amide bonds. The van der Waals surface area contributed by atoms with E-state index in [-0.39, 0.29) is 0 Å². The molecule has 3 rings (SSSR count). The molecule has 2 aliphatic rings. The second-order valence-electron chi connectivity index (χ2n) is 7.22. The molecule has 6 heteroatoms. The third-order valence-electron chi connectivity index (χ3n) is 5.32. The van der Waals surface area contributed by atoms with Gasteiger partial charge in [0.1, 0.15) is 5.75 Å². The highest BCUT2D eigenvalue weighted by Crippen LogP contribution is 2.29. The van der Waals surface area contributed by atoms with Crippen LogP contribution < -0.4 is 0 Å². The lowest BCUT2D eigenvalue weighted by molar-refractivity contribution is 0.103. The Hall–Kier alpha value is 0.360. The van der Waals surface area contributed by atoms with Crippen LogP contribution in [-0.2, 0) is 6.54 Å². The fraction of sp³-hybridized carbons (Fsp3) is 0.667. The zero-order valence-corrected chi connectivity index (χ0v) is 18.7. The first-order valence-corrected chi connectivity index (χ1v) is 11.0. The Morgan fingerprint density at radius 3 is 2.33 bits per heavy atom. The van der Waals surface area contributed by atoms with E-state index in [1.807, 2.05) is 6.07 Å². The predicted octanol–water partition coefficient (Wildman–Crippen LogP) is 3.06. The molecular weight excluding hydrogens is 528 g/mol. The number of halogens is 2. The van der Waals surface area contributed by atoms with Gasteiger partial charge in [0.25, 0.3) is 0 Å². The number of benzene rings is 1. The van der Waals surface area contributed by atoms with Gasteiger partial charge in [0.15, 0.2) is 0 Å². The lowest BCUT2D eigenvalue weighted by atomic mass is 9.95. The van der Waals surface area contributed by atoms with Crippen LogP contribution in [0.25, 0.3) is 0 Å². The third-order valence-corrected chi connectivity index (χ3v) is 6.77. The van der Waals surface area contributed by atoms with Crippen molar-refractivity contribution in [3.63, 3.8) is 0 Å². The molecule has 2 fully saturated rings. The average Bonchev–Trinajstić information content (AvgIpc) is 2.56. The minimum absolute atomic E-state index is 0.468.